The average Bonchev–Trinajstić information content (AvgIpc) is 1.62. The molecule has 8 heteroatoms. The highest BCUT2D eigenvalue weighted by molar-refractivity contribution is 5.88. The molecule has 0 fully saturated rings. The van der Waals surface area contributed by atoms with E-state index in [0.717, 1.165) is 79.8 Å². The summed E-state index contributed by atoms with van der Waals surface area (Å²) in [4.78, 5) is 36.9. The van der Waals surface area contributed by atoms with E-state index in [1.807, 2.05) is 24.8 Å². The van der Waals surface area contributed by atoms with Gasteiger partial charge in [0.1, 0.15) is 0 Å². The van der Waals surface area contributed by atoms with Gasteiger partial charge in [-0.2, -0.15) is 0 Å². The van der Waals surface area contributed by atoms with E-state index in [1.54, 1.807) is 0 Å². The van der Waals surface area contributed by atoms with Crippen molar-refractivity contribution in [3.63, 3.8) is 0 Å². The van der Waals surface area contributed by atoms with Crippen molar-refractivity contribution in [2.75, 3.05) is 0 Å². The molecular formula is C125H130N8. The molecule has 8 heterocycles. The van der Waals surface area contributed by atoms with E-state index < -0.39 is 0 Å². The summed E-state index contributed by atoms with van der Waals surface area (Å²) in [5.41, 5.74) is 82.7. The van der Waals surface area contributed by atoms with Crippen LogP contribution in [0, 0.1) is 201 Å². The van der Waals surface area contributed by atoms with Crippen molar-refractivity contribution in [3.8, 4) is 89.0 Å². The molecule has 24 rings (SSSR count). The van der Waals surface area contributed by atoms with Crippen LogP contribution in [0.4, 0.5) is 0 Å². The topological polar surface area (TPSA) is 103 Å². The molecule has 8 aliphatic carbocycles. The van der Waals surface area contributed by atoms with Gasteiger partial charge in [0, 0.05) is 144 Å². The monoisotopic (exact) mass is 1740 g/mol. The third kappa shape index (κ3) is 16.9. The second-order valence-electron chi connectivity index (χ2n) is 39.5. The molecule has 0 spiro atoms. The first-order chi connectivity index (χ1) is 63.4. The van der Waals surface area contributed by atoms with E-state index in [-0.39, 0.29) is 0 Å². The van der Waals surface area contributed by atoms with Crippen LogP contribution in [-0.2, 0) is 51.4 Å². The summed E-state index contributed by atoms with van der Waals surface area (Å²) in [7, 11) is 0. The Morgan fingerprint density at radius 2 is 0.624 bits per heavy atom. The molecule has 0 N–H and O–H groups in total. The van der Waals surface area contributed by atoms with Crippen molar-refractivity contribution in [2.24, 2.45) is 0 Å². The number of hydrogen-bond acceptors (Lipinski definition) is 8. The predicted molar refractivity (Wildman–Crippen MR) is 557 cm³/mol. The van der Waals surface area contributed by atoms with Gasteiger partial charge in [-0.15, -0.1) is 0 Å². The molecule has 0 amide bonds. The van der Waals surface area contributed by atoms with Gasteiger partial charge in [0.2, 0.25) is 0 Å². The van der Waals surface area contributed by atoms with Gasteiger partial charge in [0.25, 0.3) is 0 Å². The highest BCUT2D eigenvalue weighted by Gasteiger charge is 2.32. The van der Waals surface area contributed by atoms with Gasteiger partial charge in [0.05, 0.1) is 34.2 Å². The fourth-order valence-corrected chi connectivity index (χ4v) is 22.0. The lowest BCUT2D eigenvalue weighted by molar-refractivity contribution is 1.05. The molecule has 0 unspecified atom stereocenters. The molecule has 133 heavy (non-hydrogen) atoms. The van der Waals surface area contributed by atoms with Crippen molar-refractivity contribution in [1.82, 2.24) is 39.9 Å². The van der Waals surface area contributed by atoms with Crippen molar-refractivity contribution >= 4 is 0 Å². The maximum atomic E-state index is 4.74. The molecule has 0 saturated carbocycles. The van der Waals surface area contributed by atoms with E-state index >= 15 is 0 Å². The Morgan fingerprint density at radius 3 is 1.26 bits per heavy atom. The molecule has 0 bridgehead atoms. The zero-order chi connectivity index (χ0) is 94.6. The summed E-state index contributed by atoms with van der Waals surface area (Å²) in [5, 5.41) is 0. The number of nitrogens with zero attached hydrogens (tertiary/aromatic N) is 8. The summed E-state index contributed by atoms with van der Waals surface area (Å²) >= 11 is 0. The minimum Gasteiger partial charge on any atom is -0.261 e. The number of fused-ring (bicyclic) bond motifs is 24. The minimum atomic E-state index is 0.993. The first kappa shape index (κ1) is 91.8. The number of pyridine rings is 8. The molecule has 8 nitrogen and oxygen atoms in total. The SMILES string of the molecule is Cc1cc(C)c2c(n1)Cc1ccc(C)c(C)c1-2.Cc1cc2c(c(C)c1C)-c1c(C)ccnc1C2.Cc1cc2c(nc1C)Cc1ccc(C)c(C)c1-2.Cc1ccc2c(c1C)-c1c(ncc(C)c1C)C2.Cc1ccc2c(n1)Cc1cc(C)c(C)c(C)c1-2.Cc1cnc2c(c1)-c1c(cc(C)c(C)c1C)C2.Cc1nc(C)c2c(c1C)-c1ccccc1C2.Cc1ncc2c(c1C)-c1ccccc1C2. The summed E-state index contributed by atoms with van der Waals surface area (Å²) in [6.07, 6.45) is 16.0. The van der Waals surface area contributed by atoms with Crippen molar-refractivity contribution in [1.29, 1.82) is 0 Å². The second-order valence-corrected chi connectivity index (χ2v) is 39.5. The molecule has 8 aromatic carbocycles. The Bertz CT molecular complexity index is 7470. The summed E-state index contributed by atoms with van der Waals surface area (Å²) < 4.78 is 0. The molecule has 8 aliphatic rings. The van der Waals surface area contributed by atoms with Crippen LogP contribution in [-0.4, -0.2) is 39.9 Å². The Labute approximate surface area is 792 Å². The van der Waals surface area contributed by atoms with E-state index in [2.05, 4.69) is 370 Å². The molecule has 0 atom stereocenters. The highest BCUT2D eigenvalue weighted by Crippen LogP contribution is 2.49. The predicted octanol–water partition coefficient (Wildman–Crippen LogP) is 30.2. The third-order valence-electron chi connectivity index (χ3n) is 31.0. The summed E-state index contributed by atoms with van der Waals surface area (Å²) in [5.74, 6) is 0. The van der Waals surface area contributed by atoms with Gasteiger partial charge in [-0.05, 0) is 470 Å². The van der Waals surface area contributed by atoms with Crippen LogP contribution in [0.5, 0.6) is 0 Å². The lowest BCUT2D eigenvalue weighted by Crippen LogP contribution is -1.97. The van der Waals surface area contributed by atoms with Crippen molar-refractivity contribution < 1.29 is 0 Å². The van der Waals surface area contributed by atoms with Crippen molar-refractivity contribution in [2.45, 2.75) is 252 Å². The first-order valence-corrected chi connectivity index (χ1v) is 47.9. The number of benzene rings is 8. The largest absolute Gasteiger partial charge is 0.261 e. The van der Waals surface area contributed by atoms with Gasteiger partial charge in [-0.25, -0.2) is 0 Å². The number of aryl methyl sites for hydroxylation is 17. The molecule has 8 aromatic heterocycles. The van der Waals surface area contributed by atoms with Crippen LogP contribution < -0.4 is 0 Å². The summed E-state index contributed by atoms with van der Waals surface area (Å²) in [6.45, 7) is 63.1. The fourth-order valence-electron chi connectivity index (χ4n) is 22.0. The zero-order valence-corrected chi connectivity index (χ0v) is 84.3. The first-order valence-electron chi connectivity index (χ1n) is 47.9. The molecule has 0 radical (unpaired) electrons. The Hall–Kier alpha value is -13.0. The Balaban J connectivity index is 0.000000106. The smallest absolute Gasteiger partial charge is 0.0531 e. The standard InChI is InChI=1S/6C16H17N.C15H15N.C14H13N/c1-9-5-14-15(17-8-9)7-13-6-10(2)11(3)12(4)16(13)14;1-9-7-13-8-15-14(6-5-10(2)17-15)16(13)12(4)11(9)3;1-9-5-6-13-7-14-16(15(13)11(9)3)12(4)10(2)8-17-14;1-9-5-6-17-14-8-13-7-10(2)11(3)12(4)16(13)15(9)14;1-9-5-6-13-8-15-14(16(13)11(9)3)7-10(2)12(4)17-15;1-9-5-6-13-8-14-15(16(13)12(9)4)10(2)7-11(3)17-14;1-9-10(2)16-11(3)14-8-12-6-4-5-7-13(12)15(9)14;1-9-10(2)15-8-12-7-11-5-3-4-6-13(11)14(9)12/h5-6,8H,7H2,1-4H3;5-7H,8H2,1-4H3;5-6,8H,7H2,1-4H3;3*5-7H,8H2,1-4H3;4-7H,8H2,1-3H3;3-6,8H,7H2,1-2H3. The zero-order valence-electron chi connectivity index (χ0n) is 84.3. The van der Waals surface area contributed by atoms with Gasteiger partial charge in [0.15, 0.2) is 0 Å². The van der Waals surface area contributed by atoms with Gasteiger partial charge in [-0.3, -0.25) is 39.9 Å². The number of rotatable bonds is 0. The Morgan fingerprint density at radius 1 is 0.180 bits per heavy atom. The second kappa shape index (κ2) is 36.5. The van der Waals surface area contributed by atoms with E-state index in [9.17, 15) is 0 Å². The quantitative estimate of drug-likeness (QED) is 0.148. The summed E-state index contributed by atoms with van der Waals surface area (Å²) in [6, 6.07) is 51.0. The van der Waals surface area contributed by atoms with Crippen LogP contribution in [0.25, 0.3) is 89.0 Å². The molecular weight excluding hydrogens is 1610 g/mol. The molecule has 0 aliphatic heterocycles. The lowest BCUT2D eigenvalue weighted by atomic mass is 9.92. The average molecular weight is 1740 g/mol. The normalized spacial score (nSPS) is 12.5. The minimum absolute atomic E-state index is 0.993. The maximum Gasteiger partial charge on any atom is 0.0531 e. The van der Waals surface area contributed by atoms with Gasteiger partial charge < -0.3 is 0 Å². The Kier molecular flexibility index (Phi) is 25.2. The van der Waals surface area contributed by atoms with Crippen LogP contribution >= 0.6 is 0 Å². The van der Waals surface area contributed by atoms with E-state index in [0.29, 0.717) is 0 Å². The maximum absolute atomic E-state index is 4.74. The van der Waals surface area contributed by atoms with Crippen LogP contribution in [0.3, 0.4) is 0 Å². The molecule has 670 valence electrons. The lowest BCUT2D eigenvalue weighted by Gasteiger charge is -2.13. The van der Waals surface area contributed by atoms with Crippen LogP contribution in [0.2, 0.25) is 0 Å². The van der Waals surface area contributed by atoms with E-state index in [4.69, 9.17) is 9.97 Å². The van der Waals surface area contributed by atoms with Gasteiger partial charge >= 0.3 is 0 Å². The molecule has 16 aromatic rings. The van der Waals surface area contributed by atoms with Gasteiger partial charge in [-0.1, -0.05) is 109 Å². The fraction of sp³-hybridized carbons (Fsp3) is 0.296. The highest BCUT2D eigenvalue weighted by atomic mass is 14.8. The molecule has 0 saturated heterocycles. The van der Waals surface area contributed by atoms with Crippen LogP contribution in [0.1, 0.15) is 252 Å². The number of aromatic nitrogens is 8. The number of hydrogen-bond donors (Lipinski definition) is 0. The van der Waals surface area contributed by atoms with E-state index in [1.165, 1.54) is 312 Å². The third-order valence-corrected chi connectivity index (χ3v) is 31.0. The van der Waals surface area contributed by atoms with Crippen LogP contribution in [0.15, 0.2) is 164 Å². The van der Waals surface area contributed by atoms with Crippen molar-refractivity contribution in [3.05, 3.63) is 416 Å².